The Balaban J connectivity index is 2.68. The molecule has 144 valence electrons. The number of benzene rings is 2. The van der Waals surface area contributed by atoms with Crippen molar-refractivity contribution in [1.29, 1.82) is 0 Å². The summed E-state index contributed by atoms with van der Waals surface area (Å²) in [5.74, 6) is 0.581. The Morgan fingerprint density at radius 1 is 1.00 bits per heavy atom. The lowest BCUT2D eigenvalue weighted by Gasteiger charge is -2.18. The highest BCUT2D eigenvalue weighted by molar-refractivity contribution is 9.10. The van der Waals surface area contributed by atoms with E-state index in [0.717, 1.165) is 11.1 Å². The summed E-state index contributed by atoms with van der Waals surface area (Å²) in [4.78, 5) is 11.6. The first-order valence-corrected chi connectivity index (χ1v) is 8.83. The summed E-state index contributed by atoms with van der Waals surface area (Å²) >= 11 is 3.56. The molecule has 0 radical (unpaired) electrons. The smallest absolute Gasteiger partial charge is 0.330 e. The molecule has 0 aliphatic heterocycles. The zero-order chi connectivity index (χ0) is 19.6. The van der Waals surface area contributed by atoms with E-state index in [9.17, 15) is 4.79 Å². The van der Waals surface area contributed by atoms with Crippen LogP contribution in [-0.2, 0) is 19.0 Å². The van der Waals surface area contributed by atoms with Crippen LogP contribution in [0.15, 0.2) is 46.9 Å². The maximum absolute atomic E-state index is 11.6. The third-order valence-electron chi connectivity index (χ3n) is 3.55. The van der Waals surface area contributed by atoms with Gasteiger partial charge in [-0.05, 0) is 27.6 Å². The zero-order valence-electron chi connectivity index (χ0n) is 15.4. The van der Waals surface area contributed by atoms with Gasteiger partial charge in [0.1, 0.15) is 11.5 Å². The number of hydrogen-bond donors (Lipinski definition) is 0. The number of rotatable bonds is 9. The molecule has 0 atom stereocenters. The molecule has 27 heavy (non-hydrogen) atoms. The maximum atomic E-state index is 11.6. The van der Waals surface area contributed by atoms with Gasteiger partial charge in [0.05, 0.1) is 11.6 Å². The molecule has 2 aromatic rings. The first kappa shape index (κ1) is 21.0. The van der Waals surface area contributed by atoms with E-state index in [1.54, 1.807) is 19.3 Å². The molecule has 0 spiro atoms. The predicted molar refractivity (Wildman–Crippen MR) is 106 cm³/mol. The molecule has 0 unspecified atom stereocenters. The molecule has 0 aliphatic carbocycles. The number of halogens is 1. The fraction of sp³-hybridized carbons (Fsp3) is 0.250. The third-order valence-corrected chi connectivity index (χ3v) is 4.36. The van der Waals surface area contributed by atoms with Crippen LogP contribution >= 0.6 is 15.9 Å². The van der Waals surface area contributed by atoms with Gasteiger partial charge < -0.3 is 23.7 Å². The molecular formula is C20H21BrO6. The van der Waals surface area contributed by atoms with Gasteiger partial charge in [0, 0.05) is 37.5 Å². The van der Waals surface area contributed by atoms with Gasteiger partial charge in [-0.15, -0.1) is 0 Å². The van der Waals surface area contributed by atoms with E-state index in [1.165, 1.54) is 20.3 Å². The molecule has 0 heterocycles. The zero-order valence-corrected chi connectivity index (χ0v) is 16.9. The third kappa shape index (κ3) is 5.56. The van der Waals surface area contributed by atoms with Gasteiger partial charge in [-0.25, -0.2) is 4.79 Å². The molecule has 0 amide bonds. The molecule has 0 N–H and O–H groups in total. The van der Waals surface area contributed by atoms with Gasteiger partial charge in [-0.2, -0.15) is 0 Å². The number of carbonyl (C=O) groups excluding carboxylic acids is 1. The minimum absolute atomic E-state index is 0.0609. The molecule has 0 saturated heterocycles. The molecule has 0 aliphatic rings. The van der Waals surface area contributed by atoms with Crippen LogP contribution in [0.25, 0.3) is 17.2 Å². The number of esters is 1. The Morgan fingerprint density at radius 2 is 1.63 bits per heavy atom. The molecule has 7 heteroatoms. The van der Waals surface area contributed by atoms with Crippen molar-refractivity contribution in [3.05, 3.63) is 52.5 Å². The summed E-state index contributed by atoms with van der Waals surface area (Å²) in [5.41, 5.74) is 2.39. The fourth-order valence-corrected chi connectivity index (χ4v) is 2.93. The van der Waals surface area contributed by atoms with Crippen molar-refractivity contribution >= 4 is 28.0 Å². The Hall–Kier alpha value is -2.35. The van der Waals surface area contributed by atoms with Crippen LogP contribution in [0, 0.1) is 0 Å². The van der Waals surface area contributed by atoms with Crippen LogP contribution < -0.4 is 9.47 Å². The van der Waals surface area contributed by atoms with E-state index in [1.807, 2.05) is 30.3 Å². The van der Waals surface area contributed by atoms with E-state index in [0.29, 0.717) is 21.5 Å². The van der Waals surface area contributed by atoms with Gasteiger partial charge in [-0.1, -0.05) is 30.3 Å². The van der Waals surface area contributed by atoms with Crippen LogP contribution in [0.5, 0.6) is 11.5 Å². The number of carbonyl (C=O) groups is 1. The standard InChI is InChI=1S/C20H21BrO6/c1-23-12-26-16-11-17(27-13-24-2)20(21)15(9-10-18(22)25-3)19(16)14-7-5-4-6-8-14/h4-11H,12-13H2,1-3H3. The van der Waals surface area contributed by atoms with Crippen molar-refractivity contribution in [2.45, 2.75) is 0 Å². The monoisotopic (exact) mass is 436 g/mol. The summed E-state index contributed by atoms with van der Waals surface area (Å²) in [6.07, 6.45) is 2.99. The summed E-state index contributed by atoms with van der Waals surface area (Å²) < 4.78 is 26.8. The van der Waals surface area contributed by atoms with Crippen molar-refractivity contribution < 1.29 is 28.5 Å². The Labute approximate surface area is 166 Å². The van der Waals surface area contributed by atoms with Gasteiger partial charge in [-0.3, -0.25) is 0 Å². The van der Waals surface area contributed by atoms with Crippen molar-refractivity contribution in [3.63, 3.8) is 0 Å². The molecule has 2 aromatic carbocycles. The van der Waals surface area contributed by atoms with Crippen LogP contribution in [0.2, 0.25) is 0 Å². The first-order valence-electron chi connectivity index (χ1n) is 8.03. The summed E-state index contributed by atoms with van der Waals surface area (Å²) in [6.45, 7) is 0.124. The Kier molecular flexibility index (Phi) is 8.32. The molecule has 0 aromatic heterocycles. The van der Waals surface area contributed by atoms with Crippen molar-refractivity contribution in [3.8, 4) is 22.6 Å². The van der Waals surface area contributed by atoms with Crippen LogP contribution in [-0.4, -0.2) is 40.9 Å². The molecule has 0 saturated carbocycles. The van der Waals surface area contributed by atoms with Crippen LogP contribution in [0.4, 0.5) is 0 Å². The van der Waals surface area contributed by atoms with E-state index in [-0.39, 0.29) is 13.6 Å². The highest BCUT2D eigenvalue weighted by Gasteiger charge is 2.19. The van der Waals surface area contributed by atoms with E-state index >= 15 is 0 Å². The largest absolute Gasteiger partial charge is 0.467 e. The molecule has 6 nitrogen and oxygen atoms in total. The van der Waals surface area contributed by atoms with Crippen LogP contribution in [0.1, 0.15) is 5.56 Å². The highest BCUT2D eigenvalue weighted by atomic mass is 79.9. The summed E-state index contributed by atoms with van der Waals surface area (Å²) in [7, 11) is 4.40. The number of hydrogen-bond acceptors (Lipinski definition) is 6. The van der Waals surface area contributed by atoms with E-state index in [4.69, 9.17) is 23.7 Å². The SMILES string of the molecule is COCOc1cc(OCOC)c(-c2ccccc2)c(C=CC(=O)OC)c1Br. The Morgan fingerprint density at radius 3 is 2.22 bits per heavy atom. The highest BCUT2D eigenvalue weighted by Crippen LogP contribution is 2.44. The predicted octanol–water partition coefficient (Wildman–Crippen LogP) is 4.27. The number of methoxy groups -OCH3 is 3. The quantitative estimate of drug-likeness (QED) is 0.332. The first-order chi connectivity index (χ1) is 13.1. The fourth-order valence-electron chi connectivity index (χ4n) is 2.37. The van der Waals surface area contributed by atoms with E-state index < -0.39 is 5.97 Å². The summed E-state index contributed by atoms with van der Waals surface area (Å²) in [5, 5.41) is 0. The minimum atomic E-state index is -0.469. The lowest BCUT2D eigenvalue weighted by molar-refractivity contribution is -0.134. The van der Waals surface area contributed by atoms with Crippen molar-refractivity contribution in [2.24, 2.45) is 0 Å². The minimum Gasteiger partial charge on any atom is -0.467 e. The van der Waals surface area contributed by atoms with Crippen molar-refractivity contribution in [1.82, 2.24) is 0 Å². The average molecular weight is 437 g/mol. The second-order valence-electron chi connectivity index (χ2n) is 5.30. The lowest BCUT2D eigenvalue weighted by atomic mass is 9.97. The number of ether oxygens (including phenoxy) is 5. The van der Waals surface area contributed by atoms with E-state index in [2.05, 4.69) is 15.9 Å². The Bertz CT molecular complexity index is 789. The molecule has 2 rings (SSSR count). The maximum Gasteiger partial charge on any atom is 0.330 e. The van der Waals surface area contributed by atoms with Gasteiger partial charge in [0.15, 0.2) is 13.6 Å². The second kappa shape index (κ2) is 10.7. The van der Waals surface area contributed by atoms with Crippen LogP contribution in [0.3, 0.4) is 0 Å². The topological polar surface area (TPSA) is 63.2 Å². The average Bonchev–Trinajstić information content (AvgIpc) is 2.70. The molecular weight excluding hydrogens is 416 g/mol. The lowest BCUT2D eigenvalue weighted by Crippen LogP contribution is -2.05. The molecule has 0 bridgehead atoms. The second-order valence-corrected chi connectivity index (χ2v) is 6.09. The summed E-state index contributed by atoms with van der Waals surface area (Å²) in [6, 6.07) is 11.4. The normalized spacial score (nSPS) is 10.8. The van der Waals surface area contributed by atoms with Crippen molar-refractivity contribution in [2.75, 3.05) is 34.9 Å². The van der Waals surface area contributed by atoms with Gasteiger partial charge in [0.25, 0.3) is 0 Å². The van der Waals surface area contributed by atoms with Gasteiger partial charge >= 0.3 is 5.97 Å². The van der Waals surface area contributed by atoms with Gasteiger partial charge in [0.2, 0.25) is 0 Å². The molecule has 0 fully saturated rings.